The number of fused-ring (bicyclic) bond motifs is 1. The van der Waals surface area contributed by atoms with Gasteiger partial charge in [-0.25, -0.2) is 0 Å². The smallest absolute Gasteiger partial charge is 0.227 e. The van der Waals surface area contributed by atoms with E-state index in [0.717, 1.165) is 60.6 Å². The second-order valence-electron chi connectivity index (χ2n) is 8.84. The van der Waals surface area contributed by atoms with Crippen LogP contribution in [0.5, 0.6) is 5.75 Å². The first-order valence-corrected chi connectivity index (χ1v) is 11.8. The average molecular weight is 452 g/mol. The van der Waals surface area contributed by atoms with Crippen LogP contribution in [0.4, 0.5) is 5.69 Å². The molecular formula is C29H29N3O2. The Morgan fingerprint density at radius 3 is 2.56 bits per heavy atom. The number of amides is 1. The van der Waals surface area contributed by atoms with Gasteiger partial charge in [-0.3, -0.25) is 14.7 Å². The molecule has 1 aromatic heterocycles. The minimum Gasteiger partial charge on any atom is -0.497 e. The fraction of sp³-hybridized carbons (Fsp3) is 0.241. The fourth-order valence-electron chi connectivity index (χ4n) is 4.72. The first-order valence-electron chi connectivity index (χ1n) is 11.8. The first-order chi connectivity index (χ1) is 16.7. The van der Waals surface area contributed by atoms with Crippen LogP contribution in [0.3, 0.4) is 0 Å². The Balaban J connectivity index is 1.19. The van der Waals surface area contributed by atoms with Gasteiger partial charge in [0, 0.05) is 29.7 Å². The second-order valence-corrected chi connectivity index (χ2v) is 8.84. The molecule has 0 aliphatic carbocycles. The minimum absolute atomic E-state index is 0.0332. The highest BCUT2D eigenvalue weighted by atomic mass is 16.5. The number of piperidine rings is 1. The van der Waals surface area contributed by atoms with E-state index in [9.17, 15) is 4.79 Å². The molecule has 3 aromatic carbocycles. The van der Waals surface area contributed by atoms with E-state index in [0.29, 0.717) is 0 Å². The van der Waals surface area contributed by atoms with Gasteiger partial charge in [-0.1, -0.05) is 42.5 Å². The van der Waals surface area contributed by atoms with Gasteiger partial charge in [0.25, 0.3) is 0 Å². The molecule has 1 N–H and O–H groups in total. The highest BCUT2D eigenvalue weighted by Crippen LogP contribution is 2.27. The number of benzene rings is 3. The summed E-state index contributed by atoms with van der Waals surface area (Å²) < 4.78 is 5.34. The fourth-order valence-corrected chi connectivity index (χ4v) is 4.72. The summed E-state index contributed by atoms with van der Waals surface area (Å²) in [6, 6.07) is 26.4. The van der Waals surface area contributed by atoms with Crippen molar-refractivity contribution in [1.29, 1.82) is 0 Å². The largest absolute Gasteiger partial charge is 0.497 e. The quantitative estimate of drug-likeness (QED) is 0.405. The van der Waals surface area contributed by atoms with Gasteiger partial charge in [0.15, 0.2) is 0 Å². The molecule has 172 valence electrons. The highest BCUT2D eigenvalue weighted by Gasteiger charge is 2.25. The van der Waals surface area contributed by atoms with Crippen LogP contribution < -0.4 is 10.1 Å². The van der Waals surface area contributed by atoms with Crippen LogP contribution in [0.1, 0.15) is 18.4 Å². The molecule has 0 radical (unpaired) electrons. The SMILES string of the molecule is COc1cccc(-c2cccc(NC(=O)C3CCN(Cc4cccc5ncccc45)CC3)c2)c1. The van der Waals surface area contributed by atoms with Crippen LogP contribution in [0.15, 0.2) is 85.1 Å². The number of hydrogen-bond acceptors (Lipinski definition) is 4. The average Bonchev–Trinajstić information content (AvgIpc) is 2.89. The van der Waals surface area contributed by atoms with Crippen molar-refractivity contribution in [2.75, 3.05) is 25.5 Å². The molecule has 0 unspecified atom stereocenters. The van der Waals surface area contributed by atoms with Crippen molar-refractivity contribution in [3.63, 3.8) is 0 Å². The lowest BCUT2D eigenvalue weighted by molar-refractivity contribution is -0.121. The summed E-state index contributed by atoms with van der Waals surface area (Å²) in [5.74, 6) is 0.959. The summed E-state index contributed by atoms with van der Waals surface area (Å²) in [5.41, 5.74) is 5.27. The van der Waals surface area contributed by atoms with Crippen LogP contribution in [0.2, 0.25) is 0 Å². The van der Waals surface area contributed by atoms with Crippen molar-refractivity contribution in [3.8, 4) is 16.9 Å². The van der Waals surface area contributed by atoms with E-state index in [1.54, 1.807) is 7.11 Å². The van der Waals surface area contributed by atoms with E-state index in [1.165, 1.54) is 10.9 Å². The number of carbonyl (C=O) groups is 1. The molecule has 5 nitrogen and oxygen atoms in total. The molecule has 1 fully saturated rings. The molecule has 1 saturated heterocycles. The number of carbonyl (C=O) groups excluding carboxylic acids is 1. The van der Waals surface area contributed by atoms with Crippen LogP contribution in [-0.2, 0) is 11.3 Å². The minimum atomic E-state index is 0.0332. The maximum Gasteiger partial charge on any atom is 0.227 e. The van der Waals surface area contributed by atoms with E-state index in [-0.39, 0.29) is 11.8 Å². The van der Waals surface area contributed by atoms with Crippen molar-refractivity contribution in [3.05, 3.63) is 90.6 Å². The lowest BCUT2D eigenvalue weighted by atomic mass is 9.95. The molecule has 1 amide bonds. The number of methoxy groups -OCH3 is 1. The second kappa shape index (κ2) is 10.1. The van der Waals surface area contributed by atoms with Crippen LogP contribution in [0, 0.1) is 5.92 Å². The number of aromatic nitrogens is 1. The molecule has 34 heavy (non-hydrogen) atoms. The van der Waals surface area contributed by atoms with Crippen molar-refractivity contribution in [1.82, 2.24) is 9.88 Å². The number of nitrogens with one attached hydrogen (secondary N) is 1. The Hall–Kier alpha value is -3.70. The maximum absolute atomic E-state index is 13.0. The van der Waals surface area contributed by atoms with Gasteiger partial charge in [0.2, 0.25) is 5.91 Å². The van der Waals surface area contributed by atoms with E-state index in [4.69, 9.17) is 4.74 Å². The summed E-state index contributed by atoms with van der Waals surface area (Å²) in [5, 5.41) is 4.35. The van der Waals surface area contributed by atoms with Crippen LogP contribution in [0.25, 0.3) is 22.0 Å². The Kier molecular flexibility index (Phi) is 6.54. The molecule has 1 aliphatic heterocycles. The van der Waals surface area contributed by atoms with Crippen molar-refractivity contribution in [2.24, 2.45) is 5.92 Å². The third kappa shape index (κ3) is 4.95. The van der Waals surface area contributed by atoms with Gasteiger partial charge in [-0.2, -0.15) is 0 Å². The topological polar surface area (TPSA) is 54.5 Å². The van der Waals surface area contributed by atoms with Gasteiger partial charge in [0.1, 0.15) is 5.75 Å². The van der Waals surface area contributed by atoms with Crippen LogP contribution in [-0.4, -0.2) is 36.0 Å². The first kappa shape index (κ1) is 22.1. The number of hydrogen-bond donors (Lipinski definition) is 1. The normalized spacial score (nSPS) is 14.7. The molecule has 5 heteroatoms. The lowest BCUT2D eigenvalue weighted by Crippen LogP contribution is -2.37. The third-order valence-corrected chi connectivity index (χ3v) is 6.62. The Morgan fingerprint density at radius 1 is 0.971 bits per heavy atom. The summed E-state index contributed by atoms with van der Waals surface area (Å²) in [6.07, 6.45) is 3.57. The summed E-state index contributed by atoms with van der Waals surface area (Å²) in [4.78, 5) is 19.9. The van der Waals surface area contributed by atoms with Gasteiger partial charge < -0.3 is 10.1 Å². The Labute approximate surface area is 200 Å². The molecule has 0 bridgehead atoms. The van der Waals surface area contributed by atoms with Crippen LogP contribution >= 0.6 is 0 Å². The van der Waals surface area contributed by atoms with Crippen molar-refractivity contribution in [2.45, 2.75) is 19.4 Å². The number of nitrogens with zero attached hydrogens (tertiary/aromatic N) is 2. The van der Waals surface area contributed by atoms with Gasteiger partial charge in [-0.05, 0) is 79.0 Å². The monoisotopic (exact) mass is 451 g/mol. The van der Waals surface area contributed by atoms with E-state index >= 15 is 0 Å². The van der Waals surface area contributed by atoms with Crippen molar-refractivity contribution >= 4 is 22.5 Å². The zero-order valence-electron chi connectivity index (χ0n) is 19.4. The summed E-state index contributed by atoms with van der Waals surface area (Å²) >= 11 is 0. The molecule has 0 saturated carbocycles. The molecular weight excluding hydrogens is 422 g/mol. The summed E-state index contributed by atoms with van der Waals surface area (Å²) in [7, 11) is 1.67. The highest BCUT2D eigenvalue weighted by molar-refractivity contribution is 5.93. The molecule has 1 aliphatic rings. The lowest BCUT2D eigenvalue weighted by Gasteiger charge is -2.31. The van der Waals surface area contributed by atoms with Gasteiger partial charge in [0.05, 0.1) is 12.6 Å². The number of rotatable bonds is 6. The van der Waals surface area contributed by atoms with Crippen molar-refractivity contribution < 1.29 is 9.53 Å². The maximum atomic E-state index is 13.0. The molecule has 2 heterocycles. The van der Waals surface area contributed by atoms with E-state index < -0.39 is 0 Å². The molecule has 5 rings (SSSR count). The standard InChI is InChI=1S/C29H29N3O2/c1-34-26-10-3-7-23(19-26)22-6-2-9-25(18-22)31-29(33)21-13-16-32(17-14-21)20-24-8-4-12-28-27(24)11-5-15-30-28/h2-12,15,18-19,21H,13-14,16-17,20H2,1H3,(H,31,33). The van der Waals surface area contributed by atoms with E-state index in [1.807, 2.05) is 60.8 Å². The number of ether oxygens (including phenoxy) is 1. The predicted molar refractivity (Wildman–Crippen MR) is 137 cm³/mol. The number of anilines is 1. The third-order valence-electron chi connectivity index (χ3n) is 6.62. The Morgan fingerprint density at radius 2 is 1.74 bits per heavy atom. The molecule has 0 spiro atoms. The summed E-state index contributed by atoms with van der Waals surface area (Å²) in [6.45, 7) is 2.72. The van der Waals surface area contributed by atoms with Gasteiger partial charge >= 0.3 is 0 Å². The molecule has 4 aromatic rings. The van der Waals surface area contributed by atoms with Gasteiger partial charge in [-0.15, -0.1) is 0 Å². The van der Waals surface area contributed by atoms with E-state index in [2.05, 4.69) is 39.5 Å². The number of pyridine rings is 1. The molecule has 0 atom stereocenters. The predicted octanol–water partition coefficient (Wildman–Crippen LogP) is 5.76. The zero-order chi connectivity index (χ0) is 23.3. The Bertz CT molecular complexity index is 1290. The number of likely N-dealkylation sites (tertiary alicyclic amines) is 1. The zero-order valence-corrected chi connectivity index (χ0v) is 19.4.